The molecule has 3 aromatic heterocycles. The zero-order chi connectivity index (χ0) is 15.1. The molecule has 5 nitrogen and oxygen atoms in total. The third kappa shape index (κ3) is 2.56. The number of amides is 1. The predicted molar refractivity (Wildman–Crippen MR) is 95.5 cm³/mol. The first kappa shape index (κ1) is 15.5. The molecular weight excluding hydrogens is 332 g/mol. The smallest absolute Gasteiger partial charge is 0.258 e. The molecule has 7 heteroatoms. The highest BCUT2D eigenvalue weighted by atomic mass is 35.5. The Morgan fingerprint density at radius 1 is 1.22 bits per heavy atom. The van der Waals surface area contributed by atoms with Crippen LogP contribution in [0.2, 0.25) is 0 Å². The summed E-state index contributed by atoms with van der Waals surface area (Å²) in [4.78, 5) is 16.3. The van der Waals surface area contributed by atoms with Crippen LogP contribution in [-0.2, 0) is 7.05 Å². The van der Waals surface area contributed by atoms with E-state index in [9.17, 15) is 4.79 Å². The summed E-state index contributed by atoms with van der Waals surface area (Å²) in [5.41, 5.74) is 1.56. The van der Waals surface area contributed by atoms with E-state index in [0.29, 0.717) is 11.4 Å². The van der Waals surface area contributed by atoms with Gasteiger partial charge in [-0.25, -0.2) is 0 Å². The number of halogens is 1. The minimum Gasteiger partial charge on any atom is -0.304 e. The van der Waals surface area contributed by atoms with Crippen molar-refractivity contribution in [2.24, 2.45) is 7.05 Å². The molecule has 4 aromatic rings. The van der Waals surface area contributed by atoms with Crippen molar-refractivity contribution >= 4 is 55.8 Å². The van der Waals surface area contributed by atoms with Crippen LogP contribution in [0.3, 0.4) is 0 Å². The summed E-state index contributed by atoms with van der Waals surface area (Å²) in [6, 6.07) is 11.6. The molecule has 3 heterocycles. The Kier molecular flexibility index (Phi) is 4.02. The number of fused-ring (bicyclic) bond motifs is 3. The number of aromatic nitrogens is 3. The molecule has 4 rings (SSSR count). The van der Waals surface area contributed by atoms with E-state index in [1.807, 2.05) is 23.9 Å². The zero-order valence-corrected chi connectivity index (χ0v) is 13.8. The second-order valence-electron chi connectivity index (χ2n) is 4.94. The molecule has 0 saturated carbocycles. The molecule has 0 spiro atoms. The predicted octanol–water partition coefficient (Wildman–Crippen LogP) is 3.86. The fourth-order valence-corrected chi connectivity index (χ4v) is 3.69. The lowest BCUT2D eigenvalue weighted by Gasteiger charge is -2.01. The number of carbonyl (C=O) groups excluding carboxylic acids is 1. The third-order valence-electron chi connectivity index (χ3n) is 3.51. The van der Waals surface area contributed by atoms with Crippen molar-refractivity contribution in [1.82, 2.24) is 14.8 Å². The molecular formula is C16H13ClN4OS. The highest BCUT2D eigenvalue weighted by Crippen LogP contribution is 2.37. The van der Waals surface area contributed by atoms with Crippen LogP contribution in [0.4, 0.5) is 5.82 Å². The van der Waals surface area contributed by atoms with Crippen molar-refractivity contribution < 1.29 is 4.79 Å². The van der Waals surface area contributed by atoms with Crippen LogP contribution in [0.1, 0.15) is 10.4 Å². The van der Waals surface area contributed by atoms with Gasteiger partial charge in [0.2, 0.25) is 0 Å². The highest BCUT2D eigenvalue weighted by molar-refractivity contribution is 7.26. The van der Waals surface area contributed by atoms with E-state index in [0.717, 1.165) is 15.6 Å². The molecule has 0 bridgehead atoms. The quantitative estimate of drug-likeness (QED) is 0.600. The average molecular weight is 345 g/mol. The molecule has 1 N–H and O–H groups in total. The molecule has 1 aromatic carbocycles. The van der Waals surface area contributed by atoms with Gasteiger partial charge < -0.3 is 5.32 Å². The maximum Gasteiger partial charge on any atom is 0.258 e. The molecule has 23 heavy (non-hydrogen) atoms. The van der Waals surface area contributed by atoms with Crippen LogP contribution < -0.4 is 5.32 Å². The van der Waals surface area contributed by atoms with Crippen molar-refractivity contribution in [2.75, 3.05) is 5.32 Å². The molecule has 0 aliphatic carbocycles. The summed E-state index contributed by atoms with van der Waals surface area (Å²) in [6.45, 7) is 0. The molecule has 0 aliphatic heterocycles. The first-order valence-electron chi connectivity index (χ1n) is 6.79. The summed E-state index contributed by atoms with van der Waals surface area (Å²) in [6.07, 6.45) is 3.18. The Morgan fingerprint density at radius 2 is 2.04 bits per heavy atom. The van der Waals surface area contributed by atoms with E-state index in [-0.39, 0.29) is 18.3 Å². The number of hydrogen-bond acceptors (Lipinski definition) is 4. The van der Waals surface area contributed by atoms with Gasteiger partial charge in [-0.1, -0.05) is 18.2 Å². The van der Waals surface area contributed by atoms with Crippen molar-refractivity contribution in [2.45, 2.75) is 0 Å². The lowest BCUT2D eigenvalue weighted by Crippen LogP contribution is -2.12. The number of carbonyl (C=O) groups is 1. The van der Waals surface area contributed by atoms with E-state index in [1.165, 1.54) is 4.70 Å². The van der Waals surface area contributed by atoms with E-state index in [1.54, 1.807) is 35.9 Å². The third-order valence-corrected chi connectivity index (χ3v) is 4.68. The van der Waals surface area contributed by atoms with E-state index < -0.39 is 0 Å². The van der Waals surface area contributed by atoms with Crippen LogP contribution in [0.5, 0.6) is 0 Å². The zero-order valence-electron chi connectivity index (χ0n) is 12.2. The van der Waals surface area contributed by atoms with Crippen LogP contribution in [-0.4, -0.2) is 20.7 Å². The molecule has 1 amide bonds. The molecule has 0 fully saturated rings. The van der Waals surface area contributed by atoms with Crippen molar-refractivity contribution in [1.29, 1.82) is 0 Å². The lowest BCUT2D eigenvalue weighted by atomic mass is 10.2. The Hall–Kier alpha value is -2.44. The second kappa shape index (κ2) is 5.98. The number of nitrogens with zero attached hydrogens (tertiary/aromatic N) is 3. The Bertz CT molecular complexity index is 993. The average Bonchev–Trinajstić information content (AvgIpc) is 3.07. The van der Waals surface area contributed by atoms with Gasteiger partial charge in [-0.15, -0.1) is 23.7 Å². The van der Waals surface area contributed by atoms with Crippen LogP contribution in [0, 0.1) is 0 Å². The van der Waals surface area contributed by atoms with E-state index in [4.69, 9.17) is 0 Å². The summed E-state index contributed by atoms with van der Waals surface area (Å²) in [5.74, 6) is 0.387. The van der Waals surface area contributed by atoms with Gasteiger partial charge in [-0.2, -0.15) is 5.10 Å². The minimum atomic E-state index is -0.203. The number of aryl methyl sites for hydroxylation is 1. The van der Waals surface area contributed by atoms with Gasteiger partial charge in [0.05, 0.1) is 15.8 Å². The maximum absolute atomic E-state index is 12.3. The Balaban J connectivity index is 0.00000156. The number of hydrogen-bond donors (Lipinski definition) is 1. The van der Waals surface area contributed by atoms with Gasteiger partial charge in [0.25, 0.3) is 5.91 Å². The van der Waals surface area contributed by atoms with Gasteiger partial charge in [-0.3, -0.25) is 14.5 Å². The monoisotopic (exact) mass is 344 g/mol. The minimum absolute atomic E-state index is 0. The van der Waals surface area contributed by atoms with E-state index >= 15 is 0 Å². The van der Waals surface area contributed by atoms with Crippen LogP contribution in [0.25, 0.3) is 20.3 Å². The summed E-state index contributed by atoms with van der Waals surface area (Å²) in [5, 5.41) is 8.47. The largest absolute Gasteiger partial charge is 0.304 e. The number of pyridine rings is 1. The van der Waals surface area contributed by atoms with Gasteiger partial charge in [-0.05, 0) is 18.2 Å². The number of anilines is 1. The molecule has 0 aliphatic rings. The van der Waals surface area contributed by atoms with Crippen LogP contribution in [0.15, 0.2) is 48.8 Å². The summed E-state index contributed by atoms with van der Waals surface area (Å²) < 4.78 is 3.98. The fraction of sp³-hybridized carbons (Fsp3) is 0.0625. The Morgan fingerprint density at radius 3 is 2.83 bits per heavy atom. The summed E-state index contributed by atoms with van der Waals surface area (Å²) >= 11 is 1.63. The Labute approximate surface area is 142 Å². The maximum atomic E-state index is 12.3. The SMILES string of the molecule is Cl.Cn1nc(NC(=O)c2cccnc2)c2sc3ccccc3c21. The van der Waals surface area contributed by atoms with Crippen LogP contribution >= 0.6 is 23.7 Å². The van der Waals surface area contributed by atoms with Gasteiger partial charge in [0.15, 0.2) is 5.82 Å². The van der Waals surface area contributed by atoms with Crippen molar-refractivity contribution in [3.63, 3.8) is 0 Å². The van der Waals surface area contributed by atoms with Crippen molar-refractivity contribution in [3.8, 4) is 0 Å². The molecule has 0 unspecified atom stereocenters. The number of benzene rings is 1. The van der Waals surface area contributed by atoms with Gasteiger partial charge >= 0.3 is 0 Å². The number of thiophene rings is 1. The first-order chi connectivity index (χ1) is 10.7. The second-order valence-corrected chi connectivity index (χ2v) is 6.00. The summed E-state index contributed by atoms with van der Waals surface area (Å²) in [7, 11) is 1.89. The van der Waals surface area contributed by atoms with E-state index in [2.05, 4.69) is 27.5 Å². The fourth-order valence-electron chi connectivity index (χ4n) is 2.52. The first-order valence-corrected chi connectivity index (χ1v) is 7.61. The van der Waals surface area contributed by atoms with Gasteiger partial charge in [0, 0.05) is 29.5 Å². The van der Waals surface area contributed by atoms with Crippen molar-refractivity contribution in [3.05, 3.63) is 54.4 Å². The highest BCUT2D eigenvalue weighted by Gasteiger charge is 2.17. The van der Waals surface area contributed by atoms with Gasteiger partial charge in [0.1, 0.15) is 0 Å². The topological polar surface area (TPSA) is 59.8 Å². The standard InChI is InChI=1S/C16H12N4OS.ClH/c1-20-13-11-6-2-3-7-12(11)22-14(13)15(19-20)18-16(21)10-5-4-8-17-9-10;/h2-9H,1H3,(H,18,19,21);1H. The number of nitrogens with one attached hydrogen (secondary N) is 1. The molecule has 116 valence electrons. The normalized spacial score (nSPS) is 10.7. The molecule has 0 saturated heterocycles. The molecule has 0 atom stereocenters. The molecule has 0 radical (unpaired) electrons. The lowest BCUT2D eigenvalue weighted by molar-refractivity contribution is 0.102. The number of rotatable bonds is 2.